The molecule has 4 amide bonds. The van der Waals surface area contributed by atoms with Crippen molar-refractivity contribution in [1.82, 2.24) is 20.9 Å². The average Bonchev–Trinajstić information content (AvgIpc) is 3.42. The van der Waals surface area contributed by atoms with E-state index in [1.165, 1.54) is 0 Å². The zero-order valence-electron chi connectivity index (χ0n) is 16.5. The lowest BCUT2D eigenvalue weighted by atomic mass is 9.97. The zero-order valence-corrected chi connectivity index (χ0v) is 16.5. The van der Waals surface area contributed by atoms with Crippen molar-refractivity contribution in [3.63, 3.8) is 0 Å². The fourth-order valence-corrected chi connectivity index (χ4v) is 4.98. The first kappa shape index (κ1) is 19.3. The molecule has 5 rings (SSSR count). The molecule has 0 saturated carbocycles. The number of nitrogens with zero attached hydrogens (tertiary/aromatic N) is 1. The van der Waals surface area contributed by atoms with E-state index in [9.17, 15) is 19.2 Å². The van der Waals surface area contributed by atoms with Crippen LogP contribution in [0.5, 0.6) is 0 Å². The van der Waals surface area contributed by atoms with Crippen LogP contribution in [0.25, 0.3) is 0 Å². The second-order valence-corrected chi connectivity index (χ2v) is 8.49. The number of fused-ring (bicyclic) bond motifs is 1. The summed E-state index contributed by atoms with van der Waals surface area (Å²) in [5.74, 6) is -1.93. The van der Waals surface area contributed by atoms with Crippen molar-refractivity contribution in [3.05, 3.63) is 34.9 Å². The molecule has 30 heavy (non-hydrogen) atoms. The van der Waals surface area contributed by atoms with Gasteiger partial charge in [0.05, 0.1) is 23.3 Å². The second-order valence-electron chi connectivity index (χ2n) is 8.49. The highest BCUT2D eigenvalue weighted by Gasteiger charge is 2.46. The first-order chi connectivity index (χ1) is 14.5. The van der Waals surface area contributed by atoms with Gasteiger partial charge in [-0.3, -0.25) is 29.4 Å². The van der Waals surface area contributed by atoms with Crippen molar-refractivity contribution in [2.24, 2.45) is 0 Å². The Bertz CT molecular complexity index is 939. The number of rotatable bonds is 4. The van der Waals surface area contributed by atoms with Crippen molar-refractivity contribution in [2.45, 2.75) is 49.9 Å². The van der Waals surface area contributed by atoms with Crippen molar-refractivity contribution >= 4 is 23.6 Å². The van der Waals surface area contributed by atoms with Crippen LogP contribution >= 0.6 is 0 Å². The van der Waals surface area contributed by atoms with Crippen LogP contribution in [0.15, 0.2) is 18.2 Å². The Morgan fingerprint density at radius 3 is 2.83 bits per heavy atom. The molecule has 4 heterocycles. The predicted molar refractivity (Wildman–Crippen MR) is 105 cm³/mol. The molecular weight excluding hydrogens is 388 g/mol. The van der Waals surface area contributed by atoms with E-state index in [-0.39, 0.29) is 30.4 Å². The fourth-order valence-electron chi connectivity index (χ4n) is 4.98. The van der Waals surface area contributed by atoms with E-state index in [2.05, 4.69) is 16.0 Å². The summed E-state index contributed by atoms with van der Waals surface area (Å²) in [6.45, 7) is 2.88. The van der Waals surface area contributed by atoms with Gasteiger partial charge in [-0.1, -0.05) is 12.1 Å². The highest BCUT2D eigenvalue weighted by Crippen LogP contribution is 2.33. The number of carbonyl (C=O) groups excluding carboxylic acids is 4. The smallest absolute Gasteiger partial charge is 0.262 e. The van der Waals surface area contributed by atoms with E-state index in [4.69, 9.17) is 4.74 Å². The molecule has 0 aliphatic carbocycles. The van der Waals surface area contributed by atoms with Crippen molar-refractivity contribution < 1.29 is 23.9 Å². The Balaban J connectivity index is 1.32. The van der Waals surface area contributed by atoms with E-state index in [0.717, 1.165) is 36.4 Å². The van der Waals surface area contributed by atoms with E-state index in [0.29, 0.717) is 24.3 Å². The van der Waals surface area contributed by atoms with Crippen LogP contribution in [0.4, 0.5) is 0 Å². The first-order valence-corrected chi connectivity index (χ1v) is 10.4. The molecule has 1 aromatic rings. The van der Waals surface area contributed by atoms with E-state index >= 15 is 0 Å². The van der Waals surface area contributed by atoms with Gasteiger partial charge in [-0.25, -0.2) is 0 Å². The molecule has 0 aromatic heterocycles. The van der Waals surface area contributed by atoms with Gasteiger partial charge in [-0.05, 0) is 37.4 Å². The number of hydrogen-bond donors (Lipinski definition) is 3. The lowest BCUT2D eigenvalue weighted by Crippen LogP contribution is -2.54. The van der Waals surface area contributed by atoms with Crippen LogP contribution in [0.1, 0.15) is 52.0 Å². The maximum atomic E-state index is 13.1. The van der Waals surface area contributed by atoms with Gasteiger partial charge in [-0.15, -0.1) is 0 Å². The number of carbonyl (C=O) groups is 4. The third-order valence-electron chi connectivity index (χ3n) is 6.55. The van der Waals surface area contributed by atoms with Crippen LogP contribution in [0.2, 0.25) is 0 Å². The average molecular weight is 412 g/mol. The van der Waals surface area contributed by atoms with Crippen LogP contribution in [0.3, 0.4) is 0 Å². The van der Waals surface area contributed by atoms with Gasteiger partial charge in [0.1, 0.15) is 6.04 Å². The zero-order chi connectivity index (χ0) is 20.9. The predicted octanol–water partition coefficient (Wildman–Crippen LogP) is -0.302. The Hall–Kier alpha value is -2.62. The maximum Gasteiger partial charge on any atom is 0.262 e. The summed E-state index contributed by atoms with van der Waals surface area (Å²) in [7, 11) is 0. The summed E-state index contributed by atoms with van der Waals surface area (Å²) in [6.07, 6.45) is 2.17. The van der Waals surface area contributed by atoms with Crippen LogP contribution < -0.4 is 16.0 Å². The minimum Gasteiger partial charge on any atom is -0.372 e. The number of nitrogens with one attached hydrogen (secondary N) is 3. The number of amides is 4. The van der Waals surface area contributed by atoms with Crippen LogP contribution in [0, 0.1) is 0 Å². The summed E-state index contributed by atoms with van der Waals surface area (Å²) in [5, 5.41) is 9.03. The Kier molecular flexibility index (Phi) is 4.68. The van der Waals surface area contributed by atoms with Gasteiger partial charge in [0.25, 0.3) is 11.8 Å². The molecule has 3 N–H and O–H groups in total. The normalized spacial score (nSPS) is 31.0. The monoisotopic (exact) mass is 412 g/mol. The number of piperidine rings is 1. The molecule has 1 spiro atoms. The van der Waals surface area contributed by atoms with E-state index in [1.54, 1.807) is 12.1 Å². The summed E-state index contributed by atoms with van der Waals surface area (Å²) in [5.41, 5.74) is 1.29. The Morgan fingerprint density at radius 2 is 2.07 bits per heavy atom. The number of benzene rings is 1. The molecule has 0 radical (unpaired) electrons. The fraction of sp³-hybridized carbons (Fsp3) is 0.524. The van der Waals surface area contributed by atoms with Crippen LogP contribution in [-0.4, -0.2) is 65.9 Å². The summed E-state index contributed by atoms with van der Waals surface area (Å²) in [6, 6.07) is 4.42. The van der Waals surface area contributed by atoms with Gasteiger partial charge in [0.15, 0.2) is 0 Å². The van der Waals surface area contributed by atoms with Gasteiger partial charge < -0.3 is 15.4 Å². The van der Waals surface area contributed by atoms with Crippen molar-refractivity contribution in [2.75, 3.05) is 19.7 Å². The van der Waals surface area contributed by atoms with E-state index < -0.39 is 23.8 Å². The standard InChI is InChI=1S/C21H24N4O5/c26-16-5-4-15(18(27)24-16)25-19(28)14-3-1-2-12(17(14)20(25)29)9-23-13-8-21(30-10-13)6-7-22-11-21/h1-3,13,15,22-23H,4-11H2,(H,24,26,27). The summed E-state index contributed by atoms with van der Waals surface area (Å²) >= 11 is 0. The largest absolute Gasteiger partial charge is 0.372 e. The number of ether oxygens (including phenoxy) is 1. The minimum atomic E-state index is -0.950. The molecule has 3 fully saturated rings. The van der Waals surface area contributed by atoms with Gasteiger partial charge >= 0.3 is 0 Å². The highest BCUT2D eigenvalue weighted by molar-refractivity contribution is 6.24. The summed E-state index contributed by atoms with van der Waals surface area (Å²) < 4.78 is 6.02. The number of imide groups is 2. The molecule has 4 aliphatic rings. The number of hydrogen-bond acceptors (Lipinski definition) is 7. The highest BCUT2D eigenvalue weighted by atomic mass is 16.5. The van der Waals surface area contributed by atoms with Gasteiger partial charge in [0.2, 0.25) is 11.8 Å². The molecule has 3 atom stereocenters. The summed E-state index contributed by atoms with van der Waals surface area (Å²) in [4.78, 5) is 50.7. The molecule has 9 nitrogen and oxygen atoms in total. The van der Waals surface area contributed by atoms with Crippen LogP contribution in [-0.2, 0) is 20.9 Å². The lowest BCUT2D eigenvalue weighted by molar-refractivity contribution is -0.136. The third kappa shape index (κ3) is 3.13. The third-order valence-corrected chi connectivity index (χ3v) is 6.55. The maximum absolute atomic E-state index is 13.1. The molecule has 1 aromatic carbocycles. The topological polar surface area (TPSA) is 117 Å². The van der Waals surface area contributed by atoms with Gasteiger partial charge in [-0.2, -0.15) is 0 Å². The van der Waals surface area contributed by atoms with E-state index in [1.807, 2.05) is 6.07 Å². The van der Waals surface area contributed by atoms with Gasteiger partial charge in [0, 0.05) is 25.6 Å². The second kappa shape index (κ2) is 7.26. The Morgan fingerprint density at radius 1 is 1.20 bits per heavy atom. The van der Waals surface area contributed by atoms with Crippen molar-refractivity contribution in [3.8, 4) is 0 Å². The molecule has 3 unspecified atom stereocenters. The molecule has 158 valence electrons. The lowest BCUT2D eigenvalue weighted by Gasteiger charge is -2.27. The molecule has 4 aliphatic heterocycles. The molecule has 9 heteroatoms. The van der Waals surface area contributed by atoms with Crippen molar-refractivity contribution in [1.29, 1.82) is 0 Å². The SMILES string of the molecule is O=C1CCC(N2C(=O)c3cccc(CNC4COC5(CCNC5)C4)c3C2=O)C(=O)N1. The molecule has 3 saturated heterocycles. The minimum absolute atomic E-state index is 0.0926. The first-order valence-electron chi connectivity index (χ1n) is 10.4. The Labute approximate surface area is 173 Å². The quantitative estimate of drug-likeness (QED) is 0.581. The molecule has 0 bridgehead atoms. The molecular formula is C21H24N4O5.